The normalized spacial score (nSPS) is 19.6. The van der Waals surface area contributed by atoms with Gasteiger partial charge in [0.2, 0.25) is 0 Å². The van der Waals surface area contributed by atoms with Gasteiger partial charge in [0.25, 0.3) is 0 Å². The minimum Gasteiger partial charge on any atom is -0.313 e. The second-order valence-corrected chi connectivity index (χ2v) is 5.97. The van der Waals surface area contributed by atoms with E-state index in [-0.39, 0.29) is 0 Å². The third-order valence-corrected chi connectivity index (χ3v) is 4.31. The molecule has 1 unspecified atom stereocenters. The molecule has 1 fully saturated rings. The lowest BCUT2D eigenvalue weighted by Gasteiger charge is -2.30. The number of hydrogen-bond donors (Lipinski definition) is 1. The Labute approximate surface area is 112 Å². The van der Waals surface area contributed by atoms with Gasteiger partial charge < -0.3 is 5.32 Å². The molecule has 0 heterocycles. The second-order valence-electron chi connectivity index (χ2n) is 4.72. The van der Waals surface area contributed by atoms with E-state index in [9.17, 15) is 0 Å². The molecule has 0 amide bonds. The van der Waals surface area contributed by atoms with E-state index in [2.05, 4.69) is 59.2 Å². The quantitative estimate of drug-likeness (QED) is 0.822. The zero-order valence-corrected chi connectivity index (χ0v) is 12.0. The fourth-order valence-electron chi connectivity index (χ4n) is 2.84. The molecule has 0 bridgehead atoms. The third kappa shape index (κ3) is 2.98. The molecule has 0 radical (unpaired) electrons. The lowest BCUT2D eigenvalue weighted by molar-refractivity contribution is 0.281. The van der Waals surface area contributed by atoms with Crippen molar-refractivity contribution < 1.29 is 0 Å². The molecule has 0 spiro atoms. The summed E-state index contributed by atoms with van der Waals surface area (Å²) in [5.41, 5.74) is 1.46. The van der Waals surface area contributed by atoms with Crippen LogP contribution in [0.5, 0.6) is 0 Å². The first-order valence-electron chi connectivity index (χ1n) is 6.24. The van der Waals surface area contributed by atoms with Gasteiger partial charge in [-0.2, -0.15) is 0 Å². The molecule has 2 heteroatoms. The van der Waals surface area contributed by atoms with Gasteiger partial charge in [0.15, 0.2) is 0 Å². The maximum absolute atomic E-state index is 3.51. The standard InChI is InChI=1S/C14H20IN/c1-16-14(11-6-3-2-4-7-11)12-8-5-9-13(15)10-12/h5,8-11,14,16H,2-4,6-7H2,1H3. The monoisotopic (exact) mass is 329 g/mol. The molecule has 16 heavy (non-hydrogen) atoms. The Kier molecular flexibility index (Phi) is 4.65. The molecule has 1 aromatic rings. The molecule has 2 rings (SSSR count). The summed E-state index contributed by atoms with van der Waals surface area (Å²) in [6.45, 7) is 0. The van der Waals surface area contributed by atoms with Crippen LogP contribution in [0.2, 0.25) is 0 Å². The Bertz CT molecular complexity index is 331. The van der Waals surface area contributed by atoms with E-state index in [0.29, 0.717) is 6.04 Å². The van der Waals surface area contributed by atoms with Gasteiger partial charge >= 0.3 is 0 Å². The minimum atomic E-state index is 0.551. The largest absolute Gasteiger partial charge is 0.313 e. The summed E-state index contributed by atoms with van der Waals surface area (Å²) in [6, 6.07) is 9.46. The number of nitrogens with one attached hydrogen (secondary N) is 1. The first-order chi connectivity index (χ1) is 7.81. The third-order valence-electron chi connectivity index (χ3n) is 3.64. The molecule has 1 aliphatic rings. The zero-order valence-electron chi connectivity index (χ0n) is 9.88. The van der Waals surface area contributed by atoms with Crippen molar-refractivity contribution >= 4 is 22.6 Å². The van der Waals surface area contributed by atoms with E-state index >= 15 is 0 Å². The topological polar surface area (TPSA) is 12.0 Å². The second kappa shape index (κ2) is 6.01. The van der Waals surface area contributed by atoms with Gasteiger partial charge in [0, 0.05) is 9.61 Å². The van der Waals surface area contributed by atoms with Crippen molar-refractivity contribution in [1.82, 2.24) is 5.32 Å². The van der Waals surface area contributed by atoms with Crippen LogP contribution in [0, 0.1) is 9.49 Å². The van der Waals surface area contributed by atoms with E-state index < -0.39 is 0 Å². The highest BCUT2D eigenvalue weighted by Crippen LogP contribution is 2.34. The van der Waals surface area contributed by atoms with E-state index in [1.54, 1.807) is 0 Å². The molecule has 1 saturated carbocycles. The van der Waals surface area contributed by atoms with Crippen molar-refractivity contribution in [3.63, 3.8) is 0 Å². The number of benzene rings is 1. The number of halogens is 1. The van der Waals surface area contributed by atoms with E-state index in [1.807, 2.05) is 0 Å². The molecule has 0 aliphatic heterocycles. The summed E-state index contributed by atoms with van der Waals surface area (Å²) in [5.74, 6) is 0.831. The molecule has 0 saturated heterocycles. The predicted octanol–water partition coefficient (Wildman–Crippen LogP) is 4.13. The Hall–Kier alpha value is -0.0900. The van der Waals surface area contributed by atoms with Crippen LogP contribution < -0.4 is 5.32 Å². The van der Waals surface area contributed by atoms with E-state index in [4.69, 9.17) is 0 Å². The summed E-state index contributed by atoms with van der Waals surface area (Å²) in [7, 11) is 2.10. The fourth-order valence-corrected chi connectivity index (χ4v) is 3.41. The van der Waals surface area contributed by atoms with Gasteiger partial charge in [-0.3, -0.25) is 0 Å². The van der Waals surface area contributed by atoms with Crippen molar-refractivity contribution in [2.45, 2.75) is 38.1 Å². The maximum Gasteiger partial charge on any atom is 0.0346 e. The summed E-state index contributed by atoms with van der Waals surface area (Å²) in [4.78, 5) is 0. The average Bonchev–Trinajstić information content (AvgIpc) is 2.31. The lowest BCUT2D eigenvalue weighted by Crippen LogP contribution is -2.26. The number of hydrogen-bond acceptors (Lipinski definition) is 1. The van der Waals surface area contributed by atoms with E-state index in [1.165, 1.54) is 41.2 Å². The summed E-state index contributed by atoms with van der Waals surface area (Å²) >= 11 is 2.40. The van der Waals surface area contributed by atoms with Gasteiger partial charge in [-0.25, -0.2) is 0 Å². The molecular formula is C14H20IN. The first kappa shape index (κ1) is 12.4. The summed E-state index contributed by atoms with van der Waals surface area (Å²) in [5, 5.41) is 3.51. The van der Waals surface area contributed by atoms with Crippen molar-refractivity contribution in [2.75, 3.05) is 7.05 Å². The van der Waals surface area contributed by atoms with Crippen LogP contribution in [0.1, 0.15) is 43.7 Å². The Morgan fingerprint density at radius 3 is 2.62 bits per heavy atom. The van der Waals surface area contributed by atoms with Crippen molar-refractivity contribution in [3.05, 3.63) is 33.4 Å². The predicted molar refractivity (Wildman–Crippen MR) is 77.5 cm³/mol. The highest BCUT2D eigenvalue weighted by molar-refractivity contribution is 14.1. The maximum atomic E-state index is 3.51. The van der Waals surface area contributed by atoms with Crippen LogP contribution in [0.15, 0.2) is 24.3 Å². The molecule has 1 aromatic carbocycles. The van der Waals surface area contributed by atoms with E-state index in [0.717, 1.165) is 5.92 Å². The lowest BCUT2D eigenvalue weighted by atomic mass is 9.81. The molecule has 1 aliphatic carbocycles. The van der Waals surface area contributed by atoms with Crippen LogP contribution in [-0.2, 0) is 0 Å². The van der Waals surface area contributed by atoms with Gasteiger partial charge in [0.05, 0.1) is 0 Å². The Morgan fingerprint density at radius 1 is 1.25 bits per heavy atom. The summed E-state index contributed by atoms with van der Waals surface area (Å²) in [6.07, 6.45) is 7.02. The SMILES string of the molecule is CNC(c1cccc(I)c1)C1CCCCC1. The average molecular weight is 329 g/mol. The van der Waals surface area contributed by atoms with Crippen LogP contribution in [0.3, 0.4) is 0 Å². The molecule has 88 valence electrons. The fraction of sp³-hybridized carbons (Fsp3) is 0.571. The molecule has 1 N–H and O–H groups in total. The highest BCUT2D eigenvalue weighted by Gasteiger charge is 2.23. The molecule has 1 atom stereocenters. The van der Waals surface area contributed by atoms with Crippen molar-refractivity contribution in [3.8, 4) is 0 Å². The van der Waals surface area contributed by atoms with Crippen LogP contribution in [0.25, 0.3) is 0 Å². The molecular weight excluding hydrogens is 309 g/mol. The van der Waals surface area contributed by atoms with Crippen molar-refractivity contribution in [1.29, 1.82) is 0 Å². The van der Waals surface area contributed by atoms with Gasteiger partial charge in [-0.15, -0.1) is 0 Å². The first-order valence-corrected chi connectivity index (χ1v) is 7.32. The Balaban J connectivity index is 2.14. The smallest absolute Gasteiger partial charge is 0.0346 e. The van der Waals surface area contributed by atoms with Gasteiger partial charge in [0.1, 0.15) is 0 Å². The molecule has 1 nitrogen and oxygen atoms in total. The highest BCUT2D eigenvalue weighted by atomic mass is 127. The zero-order chi connectivity index (χ0) is 11.4. The Morgan fingerprint density at radius 2 is 2.00 bits per heavy atom. The van der Waals surface area contributed by atoms with Crippen molar-refractivity contribution in [2.24, 2.45) is 5.92 Å². The minimum absolute atomic E-state index is 0.551. The number of rotatable bonds is 3. The van der Waals surface area contributed by atoms with Gasteiger partial charge in [-0.1, -0.05) is 31.4 Å². The van der Waals surface area contributed by atoms with Crippen LogP contribution in [-0.4, -0.2) is 7.05 Å². The summed E-state index contributed by atoms with van der Waals surface area (Å²) < 4.78 is 1.34. The van der Waals surface area contributed by atoms with Gasteiger partial charge in [-0.05, 0) is 66.1 Å². The molecule has 0 aromatic heterocycles. The van der Waals surface area contributed by atoms with Crippen LogP contribution in [0.4, 0.5) is 0 Å². The van der Waals surface area contributed by atoms with Crippen LogP contribution >= 0.6 is 22.6 Å².